The molecule has 1 aromatic rings. The van der Waals surface area contributed by atoms with Crippen molar-refractivity contribution in [3.8, 4) is 0 Å². The van der Waals surface area contributed by atoms with E-state index in [0.717, 1.165) is 25.7 Å². The van der Waals surface area contributed by atoms with Gasteiger partial charge < -0.3 is 15.1 Å². The maximum Gasteiger partial charge on any atom is 0.251 e. The molecule has 0 bridgehead atoms. The third kappa shape index (κ3) is 4.72. The average molecular weight is 386 g/mol. The molecule has 0 spiro atoms. The van der Waals surface area contributed by atoms with Crippen molar-refractivity contribution >= 4 is 17.7 Å². The van der Waals surface area contributed by atoms with Crippen LogP contribution in [-0.4, -0.2) is 59.7 Å². The molecule has 152 valence electrons. The minimum Gasteiger partial charge on any atom is -0.342 e. The Balaban J connectivity index is 1.70. The summed E-state index contributed by atoms with van der Waals surface area (Å²) >= 11 is 0. The molecule has 1 aliphatic heterocycles. The number of amides is 3. The quantitative estimate of drug-likeness (QED) is 0.783. The Labute approximate surface area is 167 Å². The monoisotopic (exact) mass is 385 g/mol. The van der Waals surface area contributed by atoms with E-state index >= 15 is 0 Å². The van der Waals surface area contributed by atoms with Crippen LogP contribution in [0.2, 0.25) is 0 Å². The molecule has 1 N–H and O–H groups in total. The molecule has 2 aliphatic rings. The lowest BCUT2D eigenvalue weighted by atomic mass is 9.88. The van der Waals surface area contributed by atoms with Crippen LogP contribution in [0.15, 0.2) is 30.3 Å². The molecule has 28 heavy (non-hydrogen) atoms. The van der Waals surface area contributed by atoms with Gasteiger partial charge in [-0.1, -0.05) is 18.2 Å². The second-order valence-electron chi connectivity index (χ2n) is 7.76. The predicted molar refractivity (Wildman–Crippen MR) is 108 cm³/mol. The van der Waals surface area contributed by atoms with Gasteiger partial charge in [0.25, 0.3) is 5.91 Å². The molecule has 0 aromatic heterocycles. The summed E-state index contributed by atoms with van der Waals surface area (Å²) in [7, 11) is 0. The van der Waals surface area contributed by atoms with Gasteiger partial charge in [-0.25, -0.2) is 0 Å². The molecule has 1 aliphatic carbocycles. The standard InChI is InChI=1S/C22H31N3O3/c1-3-24(4-2)22(28)19(23-20(26)17-8-6-5-7-9-17)16-12-14-25(15-13-16)21(27)18-10-11-18/h5-9,16,18-19H,3-4,10-15H2,1-2H3,(H,23,26)/t19-/m1/s1. The molecule has 2 fully saturated rings. The van der Waals surface area contributed by atoms with Crippen LogP contribution in [0.5, 0.6) is 0 Å². The molecule has 6 heteroatoms. The zero-order valence-electron chi connectivity index (χ0n) is 16.9. The van der Waals surface area contributed by atoms with E-state index in [1.54, 1.807) is 17.0 Å². The number of hydrogen-bond acceptors (Lipinski definition) is 3. The summed E-state index contributed by atoms with van der Waals surface area (Å²) in [5.74, 6) is 0.286. The zero-order valence-corrected chi connectivity index (χ0v) is 16.9. The molecule has 3 amide bonds. The minimum atomic E-state index is -0.550. The Kier molecular flexibility index (Phi) is 6.70. The summed E-state index contributed by atoms with van der Waals surface area (Å²) in [6.45, 7) is 6.48. The fourth-order valence-corrected chi connectivity index (χ4v) is 3.97. The van der Waals surface area contributed by atoms with Gasteiger partial charge in [0.15, 0.2) is 0 Å². The van der Waals surface area contributed by atoms with Crippen LogP contribution < -0.4 is 5.32 Å². The number of nitrogens with zero attached hydrogens (tertiary/aromatic N) is 2. The summed E-state index contributed by atoms with van der Waals surface area (Å²) in [5, 5.41) is 3.00. The minimum absolute atomic E-state index is 0.0266. The number of hydrogen-bond donors (Lipinski definition) is 1. The molecule has 1 saturated heterocycles. The van der Waals surface area contributed by atoms with Crippen molar-refractivity contribution in [2.24, 2.45) is 11.8 Å². The van der Waals surface area contributed by atoms with Crippen LogP contribution in [0, 0.1) is 11.8 Å². The summed E-state index contributed by atoms with van der Waals surface area (Å²) in [6.07, 6.45) is 3.50. The highest BCUT2D eigenvalue weighted by Crippen LogP contribution is 2.33. The first-order valence-electron chi connectivity index (χ1n) is 10.5. The smallest absolute Gasteiger partial charge is 0.251 e. The summed E-state index contributed by atoms with van der Waals surface area (Å²) < 4.78 is 0. The van der Waals surface area contributed by atoms with Crippen LogP contribution in [0.25, 0.3) is 0 Å². The molecule has 1 heterocycles. The highest BCUT2D eigenvalue weighted by Gasteiger charge is 2.38. The first kappa shape index (κ1) is 20.4. The van der Waals surface area contributed by atoms with Crippen molar-refractivity contribution in [1.82, 2.24) is 15.1 Å². The first-order chi connectivity index (χ1) is 13.5. The summed E-state index contributed by atoms with van der Waals surface area (Å²) in [4.78, 5) is 41.9. The lowest BCUT2D eigenvalue weighted by molar-refractivity contribution is -0.136. The predicted octanol–water partition coefficient (Wildman–Crippen LogP) is 2.30. The number of likely N-dealkylation sites (N-methyl/N-ethyl adjacent to an activating group) is 1. The maximum atomic E-state index is 13.1. The van der Waals surface area contributed by atoms with Crippen molar-refractivity contribution in [2.45, 2.75) is 45.6 Å². The summed E-state index contributed by atoms with van der Waals surface area (Å²) in [6, 6.07) is 8.46. The van der Waals surface area contributed by atoms with E-state index in [9.17, 15) is 14.4 Å². The SMILES string of the molecule is CCN(CC)C(=O)[C@H](NC(=O)c1ccccc1)C1CCN(C(=O)C2CC2)CC1. The number of carbonyl (C=O) groups excluding carboxylic acids is 3. The number of carbonyl (C=O) groups is 3. The van der Waals surface area contributed by atoms with Gasteiger partial charge in [-0.3, -0.25) is 14.4 Å². The molecule has 6 nitrogen and oxygen atoms in total. The summed E-state index contributed by atoms with van der Waals surface area (Å²) in [5.41, 5.74) is 0.557. The topological polar surface area (TPSA) is 69.7 Å². The van der Waals surface area contributed by atoms with Gasteiger partial charge in [0, 0.05) is 37.7 Å². The molecular weight excluding hydrogens is 354 g/mol. The third-order valence-electron chi connectivity index (χ3n) is 5.91. The van der Waals surface area contributed by atoms with Crippen LogP contribution in [0.1, 0.15) is 49.9 Å². The number of piperidine rings is 1. The van der Waals surface area contributed by atoms with E-state index in [4.69, 9.17) is 0 Å². The Morgan fingerprint density at radius 1 is 1.04 bits per heavy atom. The highest BCUT2D eigenvalue weighted by atomic mass is 16.2. The number of benzene rings is 1. The fraction of sp³-hybridized carbons (Fsp3) is 0.591. The van der Waals surface area contributed by atoms with Gasteiger partial charge in [-0.15, -0.1) is 0 Å². The average Bonchev–Trinajstić information content (AvgIpc) is 3.58. The first-order valence-corrected chi connectivity index (χ1v) is 10.5. The Morgan fingerprint density at radius 3 is 2.18 bits per heavy atom. The van der Waals surface area contributed by atoms with Crippen LogP contribution in [-0.2, 0) is 9.59 Å². The maximum absolute atomic E-state index is 13.1. The molecule has 0 unspecified atom stereocenters. The van der Waals surface area contributed by atoms with Crippen LogP contribution >= 0.6 is 0 Å². The van der Waals surface area contributed by atoms with Crippen molar-refractivity contribution in [3.05, 3.63) is 35.9 Å². The van der Waals surface area contributed by atoms with Gasteiger partial charge in [-0.05, 0) is 57.6 Å². The molecule has 3 rings (SSSR count). The second kappa shape index (κ2) is 9.22. The number of nitrogens with one attached hydrogen (secondary N) is 1. The van der Waals surface area contributed by atoms with Gasteiger partial charge in [0.05, 0.1) is 0 Å². The van der Waals surface area contributed by atoms with Gasteiger partial charge in [0.2, 0.25) is 11.8 Å². The molecule has 1 atom stereocenters. The molecule has 1 saturated carbocycles. The second-order valence-corrected chi connectivity index (χ2v) is 7.76. The lowest BCUT2D eigenvalue weighted by Gasteiger charge is -2.37. The fourth-order valence-electron chi connectivity index (χ4n) is 3.97. The molecular formula is C22H31N3O3. The number of likely N-dealkylation sites (tertiary alicyclic amines) is 1. The normalized spacial score (nSPS) is 18.4. The Morgan fingerprint density at radius 2 is 1.64 bits per heavy atom. The van der Waals surface area contributed by atoms with E-state index in [0.29, 0.717) is 31.7 Å². The molecule has 1 aromatic carbocycles. The Bertz CT molecular complexity index is 690. The largest absolute Gasteiger partial charge is 0.342 e. The van der Waals surface area contributed by atoms with E-state index in [-0.39, 0.29) is 29.6 Å². The zero-order chi connectivity index (χ0) is 20.1. The highest BCUT2D eigenvalue weighted by molar-refractivity contribution is 5.97. The van der Waals surface area contributed by atoms with Crippen molar-refractivity contribution < 1.29 is 14.4 Å². The van der Waals surface area contributed by atoms with E-state index < -0.39 is 6.04 Å². The van der Waals surface area contributed by atoms with Crippen LogP contribution in [0.4, 0.5) is 0 Å². The van der Waals surface area contributed by atoms with Crippen molar-refractivity contribution in [3.63, 3.8) is 0 Å². The van der Waals surface area contributed by atoms with Crippen molar-refractivity contribution in [2.75, 3.05) is 26.2 Å². The van der Waals surface area contributed by atoms with E-state index in [2.05, 4.69) is 5.32 Å². The number of rotatable bonds is 7. The van der Waals surface area contributed by atoms with Crippen LogP contribution in [0.3, 0.4) is 0 Å². The Hall–Kier alpha value is -2.37. The van der Waals surface area contributed by atoms with Crippen molar-refractivity contribution in [1.29, 1.82) is 0 Å². The third-order valence-corrected chi connectivity index (χ3v) is 5.91. The van der Waals surface area contributed by atoms with Gasteiger partial charge in [-0.2, -0.15) is 0 Å². The molecule has 0 radical (unpaired) electrons. The lowest BCUT2D eigenvalue weighted by Crippen LogP contribution is -2.54. The van der Waals surface area contributed by atoms with E-state index in [1.165, 1.54) is 0 Å². The van der Waals surface area contributed by atoms with E-state index in [1.807, 2.05) is 36.9 Å². The van der Waals surface area contributed by atoms with Gasteiger partial charge >= 0.3 is 0 Å². The van der Waals surface area contributed by atoms with Gasteiger partial charge in [0.1, 0.15) is 6.04 Å².